The Kier molecular flexibility index (Phi) is 6.92. The second kappa shape index (κ2) is 10.0. The van der Waals surface area contributed by atoms with E-state index >= 15 is 0 Å². The van der Waals surface area contributed by atoms with Crippen LogP contribution in [0.2, 0.25) is 0 Å². The molecule has 4 rings (SSSR count). The number of carbonyl (C=O) groups is 1. The molecule has 32 heavy (non-hydrogen) atoms. The van der Waals surface area contributed by atoms with E-state index < -0.39 is 0 Å². The van der Waals surface area contributed by atoms with Gasteiger partial charge in [-0.3, -0.25) is 0 Å². The van der Waals surface area contributed by atoms with E-state index in [0.29, 0.717) is 16.6 Å². The Bertz CT molecular complexity index is 1140. The first-order valence-corrected chi connectivity index (χ1v) is 11.6. The summed E-state index contributed by atoms with van der Waals surface area (Å²) in [5, 5.41) is 16.0. The van der Waals surface area contributed by atoms with Gasteiger partial charge >= 0.3 is 5.97 Å². The number of rotatable bonds is 5. The molecule has 6 nitrogen and oxygen atoms in total. The number of ether oxygens (including phenoxy) is 1. The maximum Gasteiger partial charge on any atom is 0.341 e. The van der Waals surface area contributed by atoms with Gasteiger partial charge in [-0.05, 0) is 79.4 Å². The van der Waals surface area contributed by atoms with Crippen LogP contribution in [0, 0.1) is 5.92 Å². The van der Waals surface area contributed by atoms with Crippen LogP contribution in [0.1, 0.15) is 34.1 Å². The molecule has 0 saturated heterocycles. The Labute approximate surface area is 196 Å². The lowest BCUT2D eigenvalue weighted by Crippen LogP contribution is -2.20. The quantitative estimate of drug-likeness (QED) is 0.244. The van der Waals surface area contributed by atoms with E-state index in [1.807, 2.05) is 54.6 Å². The number of benzene rings is 2. The van der Waals surface area contributed by atoms with Gasteiger partial charge in [0.1, 0.15) is 5.00 Å². The maximum atomic E-state index is 12.5. The lowest BCUT2D eigenvalue weighted by Gasteiger charge is -2.18. The molecule has 1 heterocycles. The van der Waals surface area contributed by atoms with Crippen molar-refractivity contribution in [3.63, 3.8) is 0 Å². The van der Waals surface area contributed by atoms with E-state index in [2.05, 4.69) is 27.8 Å². The molecule has 1 aliphatic carbocycles. The number of carbonyl (C=O) groups excluding carboxylic acids is 1. The Morgan fingerprint density at radius 2 is 1.75 bits per heavy atom. The van der Waals surface area contributed by atoms with Gasteiger partial charge in [0.15, 0.2) is 5.11 Å². The average Bonchev–Trinajstić information content (AvgIpc) is 3.15. The van der Waals surface area contributed by atoms with Crippen LogP contribution >= 0.6 is 23.6 Å². The zero-order valence-corrected chi connectivity index (χ0v) is 19.6. The van der Waals surface area contributed by atoms with E-state index in [9.17, 15) is 4.79 Å². The van der Waals surface area contributed by atoms with Crippen LogP contribution in [-0.4, -0.2) is 18.2 Å². The molecule has 164 valence electrons. The van der Waals surface area contributed by atoms with Crippen molar-refractivity contribution in [1.82, 2.24) is 0 Å². The van der Waals surface area contributed by atoms with Crippen molar-refractivity contribution < 1.29 is 9.53 Å². The van der Waals surface area contributed by atoms with E-state index in [4.69, 9.17) is 17.0 Å². The van der Waals surface area contributed by atoms with Gasteiger partial charge in [-0.1, -0.05) is 25.1 Å². The summed E-state index contributed by atoms with van der Waals surface area (Å²) < 4.78 is 5.04. The predicted octanol–water partition coefficient (Wildman–Crippen LogP) is 6.88. The summed E-state index contributed by atoms with van der Waals surface area (Å²) in [5.74, 6) is 0.289. The van der Waals surface area contributed by atoms with Gasteiger partial charge < -0.3 is 15.4 Å². The van der Waals surface area contributed by atoms with Crippen LogP contribution in [0.4, 0.5) is 22.1 Å². The second-order valence-electron chi connectivity index (χ2n) is 7.71. The van der Waals surface area contributed by atoms with Gasteiger partial charge in [0.05, 0.1) is 24.0 Å². The molecule has 1 unspecified atom stereocenters. The summed E-state index contributed by atoms with van der Waals surface area (Å²) in [5.41, 5.74) is 4.06. The SMILES string of the molecule is COC(=O)c1c(NC(=S)Nc2ccc(N=Nc3ccccc3)cc2)sc2c1CCC(C)C2. The van der Waals surface area contributed by atoms with Gasteiger partial charge in [-0.25, -0.2) is 4.79 Å². The number of thiophene rings is 1. The Morgan fingerprint density at radius 1 is 1.06 bits per heavy atom. The van der Waals surface area contributed by atoms with Crippen LogP contribution in [0.25, 0.3) is 0 Å². The number of nitrogens with zero attached hydrogens (tertiary/aromatic N) is 2. The fraction of sp³-hybridized carbons (Fsp3) is 0.250. The molecule has 0 fully saturated rings. The highest BCUT2D eigenvalue weighted by atomic mass is 32.1. The smallest absolute Gasteiger partial charge is 0.341 e. The first kappa shape index (κ1) is 22.1. The molecule has 1 atom stereocenters. The highest BCUT2D eigenvalue weighted by molar-refractivity contribution is 7.80. The largest absolute Gasteiger partial charge is 0.465 e. The van der Waals surface area contributed by atoms with Crippen molar-refractivity contribution in [3.05, 3.63) is 70.6 Å². The molecule has 0 spiro atoms. The van der Waals surface area contributed by atoms with Crippen molar-refractivity contribution in [1.29, 1.82) is 0 Å². The van der Waals surface area contributed by atoms with Crippen molar-refractivity contribution in [3.8, 4) is 0 Å². The number of esters is 1. The topological polar surface area (TPSA) is 75.1 Å². The third kappa shape index (κ3) is 5.20. The third-order valence-corrected chi connectivity index (χ3v) is 6.66. The number of thiocarbonyl (C=S) groups is 1. The van der Waals surface area contributed by atoms with E-state index in [-0.39, 0.29) is 5.97 Å². The average molecular weight is 465 g/mol. The minimum Gasteiger partial charge on any atom is -0.465 e. The molecule has 1 aliphatic rings. The van der Waals surface area contributed by atoms with Crippen LogP contribution in [-0.2, 0) is 17.6 Å². The molecule has 0 bridgehead atoms. The fourth-order valence-corrected chi connectivity index (χ4v) is 5.33. The second-order valence-corrected chi connectivity index (χ2v) is 9.22. The van der Waals surface area contributed by atoms with Crippen LogP contribution < -0.4 is 10.6 Å². The van der Waals surface area contributed by atoms with Crippen LogP contribution in [0.15, 0.2) is 64.8 Å². The summed E-state index contributed by atoms with van der Waals surface area (Å²) in [6, 6.07) is 17.1. The summed E-state index contributed by atoms with van der Waals surface area (Å²) >= 11 is 7.09. The molecular weight excluding hydrogens is 440 g/mol. The molecule has 2 aromatic carbocycles. The van der Waals surface area contributed by atoms with Gasteiger partial charge in [0.2, 0.25) is 0 Å². The standard InChI is InChI=1S/C24H24N4O2S2/c1-15-8-13-19-20(14-15)32-22(21(19)23(29)30-2)26-24(31)25-16-9-11-18(12-10-16)28-27-17-6-4-3-5-7-17/h3-7,9-12,15H,8,13-14H2,1-2H3,(H2,25,26,31). The zero-order valence-electron chi connectivity index (χ0n) is 17.9. The first-order chi connectivity index (χ1) is 15.5. The van der Waals surface area contributed by atoms with Crippen molar-refractivity contribution >= 4 is 56.7 Å². The number of azo groups is 1. The Morgan fingerprint density at radius 3 is 2.44 bits per heavy atom. The van der Waals surface area contributed by atoms with Crippen LogP contribution in [0.3, 0.4) is 0 Å². The molecule has 0 saturated carbocycles. The van der Waals surface area contributed by atoms with Gasteiger partial charge in [0.25, 0.3) is 0 Å². The number of anilines is 2. The summed E-state index contributed by atoms with van der Waals surface area (Å²) in [7, 11) is 1.41. The molecule has 0 amide bonds. The third-order valence-electron chi connectivity index (χ3n) is 5.29. The first-order valence-electron chi connectivity index (χ1n) is 10.4. The summed E-state index contributed by atoms with van der Waals surface area (Å²) in [6.45, 7) is 2.24. The molecule has 0 aliphatic heterocycles. The van der Waals surface area contributed by atoms with Crippen molar-refractivity contribution in [2.24, 2.45) is 16.1 Å². The molecule has 2 N–H and O–H groups in total. The fourth-order valence-electron chi connectivity index (χ4n) is 3.64. The van der Waals surface area contributed by atoms with Gasteiger partial charge in [-0.2, -0.15) is 10.2 Å². The zero-order chi connectivity index (χ0) is 22.5. The lowest BCUT2D eigenvalue weighted by molar-refractivity contribution is 0.0601. The highest BCUT2D eigenvalue weighted by Gasteiger charge is 2.28. The molecular formula is C24H24N4O2S2. The molecule has 8 heteroatoms. The van der Waals surface area contributed by atoms with Crippen molar-refractivity contribution in [2.45, 2.75) is 26.2 Å². The van der Waals surface area contributed by atoms with Gasteiger partial charge in [0, 0.05) is 10.6 Å². The Balaban J connectivity index is 1.44. The lowest BCUT2D eigenvalue weighted by atomic mass is 9.88. The van der Waals surface area contributed by atoms with Gasteiger partial charge in [-0.15, -0.1) is 11.3 Å². The van der Waals surface area contributed by atoms with Crippen LogP contribution in [0.5, 0.6) is 0 Å². The molecule has 1 aromatic heterocycles. The summed E-state index contributed by atoms with van der Waals surface area (Å²) in [6.07, 6.45) is 2.94. The highest BCUT2D eigenvalue weighted by Crippen LogP contribution is 2.40. The van der Waals surface area contributed by atoms with E-state index in [1.54, 1.807) is 11.3 Å². The predicted molar refractivity (Wildman–Crippen MR) is 134 cm³/mol. The summed E-state index contributed by atoms with van der Waals surface area (Å²) in [4.78, 5) is 13.7. The number of fused-ring (bicyclic) bond motifs is 1. The minimum absolute atomic E-state index is 0.324. The number of hydrogen-bond donors (Lipinski definition) is 2. The number of methoxy groups -OCH3 is 1. The van der Waals surface area contributed by atoms with E-state index in [1.165, 1.54) is 12.0 Å². The number of nitrogens with one attached hydrogen (secondary N) is 2. The minimum atomic E-state index is -0.324. The monoisotopic (exact) mass is 464 g/mol. The Hall–Kier alpha value is -3.10. The molecule has 3 aromatic rings. The van der Waals surface area contributed by atoms with E-state index in [0.717, 1.165) is 46.9 Å². The maximum absolute atomic E-state index is 12.5. The number of hydrogen-bond acceptors (Lipinski definition) is 6. The van der Waals surface area contributed by atoms with Crippen molar-refractivity contribution in [2.75, 3.05) is 17.7 Å². The molecule has 0 radical (unpaired) electrons. The normalized spacial score (nSPS) is 15.2.